The summed E-state index contributed by atoms with van der Waals surface area (Å²) in [7, 11) is 0. The SMILES string of the molecule is Cc1ccc(C(=O)N(c2cccc(C#N)c2)C(C)C)cn1. The molecule has 0 aliphatic rings. The Morgan fingerprint density at radius 1 is 1.29 bits per heavy atom. The van der Waals surface area contributed by atoms with Crippen LogP contribution in [0.1, 0.15) is 35.5 Å². The van der Waals surface area contributed by atoms with Gasteiger partial charge in [0.25, 0.3) is 5.91 Å². The molecule has 0 atom stereocenters. The first-order valence-corrected chi connectivity index (χ1v) is 6.79. The van der Waals surface area contributed by atoms with Gasteiger partial charge >= 0.3 is 0 Å². The first kappa shape index (κ1) is 14.7. The third kappa shape index (κ3) is 3.26. The second-order valence-electron chi connectivity index (χ2n) is 5.12. The average Bonchev–Trinajstić information content (AvgIpc) is 2.48. The molecule has 1 heterocycles. The number of hydrogen-bond acceptors (Lipinski definition) is 3. The van der Waals surface area contributed by atoms with Crippen LogP contribution in [0, 0.1) is 18.3 Å². The molecule has 0 spiro atoms. The number of hydrogen-bond donors (Lipinski definition) is 0. The van der Waals surface area contributed by atoms with Gasteiger partial charge in [-0.15, -0.1) is 0 Å². The van der Waals surface area contributed by atoms with Crippen LogP contribution in [0.25, 0.3) is 0 Å². The Balaban J connectivity index is 2.41. The van der Waals surface area contributed by atoms with Crippen molar-refractivity contribution < 1.29 is 4.79 Å². The predicted octanol–water partition coefficient (Wildman–Crippen LogP) is 3.32. The zero-order valence-electron chi connectivity index (χ0n) is 12.4. The number of anilines is 1. The Morgan fingerprint density at radius 3 is 2.62 bits per heavy atom. The van der Waals surface area contributed by atoms with E-state index in [0.717, 1.165) is 11.4 Å². The van der Waals surface area contributed by atoms with Gasteiger partial charge < -0.3 is 4.90 Å². The van der Waals surface area contributed by atoms with Crippen LogP contribution in [-0.2, 0) is 0 Å². The molecule has 21 heavy (non-hydrogen) atoms. The Labute approximate surface area is 124 Å². The van der Waals surface area contributed by atoms with Gasteiger partial charge in [-0.2, -0.15) is 5.26 Å². The molecule has 0 saturated carbocycles. The topological polar surface area (TPSA) is 57.0 Å². The lowest BCUT2D eigenvalue weighted by Crippen LogP contribution is -2.37. The van der Waals surface area contributed by atoms with Crippen LogP contribution in [0.2, 0.25) is 0 Å². The average molecular weight is 279 g/mol. The number of benzene rings is 1. The summed E-state index contributed by atoms with van der Waals surface area (Å²) < 4.78 is 0. The molecule has 0 saturated heterocycles. The van der Waals surface area contributed by atoms with Gasteiger partial charge in [0.05, 0.1) is 17.2 Å². The molecule has 0 bridgehead atoms. The van der Waals surface area contributed by atoms with Crippen molar-refractivity contribution in [1.29, 1.82) is 5.26 Å². The van der Waals surface area contributed by atoms with E-state index in [0.29, 0.717) is 11.1 Å². The van der Waals surface area contributed by atoms with Gasteiger partial charge in [-0.05, 0) is 51.1 Å². The minimum absolute atomic E-state index is 0.0206. The number of carbonyl (C=O) groups excluding carboxylic acids is 1. The van der Waals surface area contributed by atoms with E-state index in [1.165, 1.54) is 0 Å². The van der Waals surface area contributed by atoms with Gasteiger partial charge in [-0.1, -0.05) is 6.07 Å². The van der Waals surface area contributed by atoms with Crippen LogP contribution in [0.4, 0.5) is 5.69 Å². The van der Waals surface area contributed by atoms with E-state index < -0.39 is 0 Å². The Hall–Kier alpha value is -2.67. The molecular formula is C17H17N3O. The van der Waals surface area contributed by atoms with Crippen molar-refractivity contribution in [3.8, 4) is 6.07 Å². The van der Waals surface area contributed by atoms with Crippen molar-refractivity contribution >= 4 is 11.6 Å². The third-order valence-electron chi connectivity index (χ3n) is 3.15. The van der Waals surface area contributed by atoms with Gasteiger partial charge in [-0.25, -0.2) is 0 Å². The van der Waals surface area contributed by atoms with Crippen LogP contribution in [0.15, 0.2) is 42.6 Å². The molecule has 0 radical (unpaired) electrons. The summed E-state index contributed by atoms with van der Waals surface area (Å²) in [5, 5.41) is 9.01. The smallest absolute Gasteiger partial charge is 0.260 e. The number of rotatable bonds is 3. The summed E-state index contributed by atoms with van der Waals surface area (Å²) >= 11 is 0. The molecule has 0 aliphatic heterocycles. The molecule has 1 aromatic heterocycles. The Bertz CT molecular complexity index is 684. The largest absolute Gasteiger partial charge is 0.306 e. The van der Waals surface area contributed by atoms with Crippen molar-refractivity contribution in [3.05, 3.63) is 59.4 Å². The second-order valence-corrected chi connectivity index (χ2v) is 5.12. The van der Waals surface area contributed by atoms with Crippen LogP contribution < -0.4 is 4.90 Å². The normalized spacial score (nSPS) is 10.2. The van der Waals surface area contributed by atoms with Gasteiger partial charge in [-0.3, -0.25) is 9.78 Å². The third-order valence-corrected chi connectivity index (χ3v) is 3.15. The van der Waals surface area contributed by atoms with Crippen LogP contribution in [-0.4, -0.2) is 16.9 Å². The predicted molar refractivity (Wildman–Crippen MR) is 82.1 cm³/mol. The molecule has 1 aromatic carbocycles. The minimum atomic E-state index is -0.118. The van der Waals surface area contributed by atoms with Crippen molar-refractivity contribution in [3.63, 3.8) is 0 Å². The number of aromatic nitrogens is 1. The van der Waals surface area contributed by atoms with E-state index in [1.807, 2.05) is 32.9 Å². The number of nitriles is 1. The molecule has 2 aromatic rings. The lowest BCUT2D eigenvalue weighted by atomic mass is 10.1. The maximum atomic E-state index is 12.7. The first-order chi connectivity index (χ1) is 10.0. The van der Waals surface area contributed by atoms with Gasteiger partial charge in [0.15, 0.2) is 0 Å². The van der Waals surface area contributed by atoms with Crippen molar-refractivity contribution in [2.75, 3.05) is 4.90 Å². The highest BCUT2D eigenvalue weighted by Gasteiger charge is 2.21. The molecule has 2 rings (SSSR count). The van der Waals surface area contributed by atoms with E-state index in [4.69, 9.17) is 5.26 Å². The van der Waals surface area contributed by atoms with E-state index in [2.05, 4.69) is 11.1 Å². The first-order valence-electron chi connectivity index (χ1n) is 6.79. The van der Waals surface area contributed by atoms with Crippen LogP contribution in [0.3, 0.4) is 0 Å². The van der Waals surface area contributed by atoms with E-state index in [1.54, 1.807) is 35.4 Å². The summed E-state index contributed by atoms with van der Waals surface area (Å²) in [6.45, 7) is 5.77. The van der Waals surface area contributed by atoms with E-state index in [9.17, 15) is 4.79 Å². The second kappa shape index (κ2) is 6.19. The summed E-state index contributed by atoms with van der Waals surface area (Å²) in [5.41, 5.74) is 2.66. The fourth-order valence-electron chi connectivity index (χ4n) is 2.11. The summed E-state index contributed by atoms with van der Waals surface area (Å²) in [5.74, 6) is -0.118. The Morgan fingerprint density at radius 2 is 2.05 bits per heavy atom. The minimum Gasteiger partial charge on any atom is -0.306 e. The molecule has 0 aliphatic carbocycles. The molecule has 4 nitrogen and oxygen atoms in total. The summed E-state index contributed by atoms with van der Waals surface area (Å²) in [6, 6.07) is 12.7. The number of nitrogens with zero attached hydrogens (tertiary/aromatic N) is 3. The number of aryl methyl sites for hydroxylation is 1. The highest BCUT2D eigenvalue weighted by atomic mass is 16.2. The molecule has 4 heteroatoms. The van der Waals surface area contributed by atoms with Crippen LogP contribution in [0.5, 0.6) is 0 Å². The monoisotopic (exact) mass is 279 g/mol. The van der Waals surface area contributed by atoms with Gasteiger partial charge in [0, 0.05) is 23.6 Å². The number of amides is 1. The highest BCUT2D eigenvalue weighted by Crippen LogP contribution is 2.21. The number of carbonyl (C=O) groups is 1. The van der Waals surface area contributed by atoms with E-state index in [-0.39, 0.29) is 11.9 Å². The molecule has 1 amide bonds. The molecular weight excluding hydrogens is 262 g/mol. The maximum absolute atomic E-state index is 12.7. The van der Waals surface area contributed by atoms with Crippen molar-refractivity contribution in [2.24, 2.45) is 0 Å². The fraction of sp³-hybridized carbons (Fsp3) is 0.235. The maximum Gasteiger partial charge on any atom is 0.260 e. The van der Waals surface area contributed by atoms with Gasteiger partial charge in [0.1, 0.15) is 0 Å². The zero-order valence-corrected chi connectivity index (χ0v) is 12.4. The summed E-state index contributed by atoms with van der Waals surface area (Å²) in [4.78, 5) is 18.5. The Kier molecular flexibility index (Phi) is 4.34. The quantitative estimate of drug-likeness (QED) is 0.866. The van der Waals surface area contributed by atoms with Crippen molar-refractivity contribution in [2.45, 2.75) is 26.8 Å². The molecule has 106 valence electrons. The van der Waals surface area contributed by atoms with Crippen molar-refractivity contribution in [1.82, 2.24) is 4.98 Å². The van der Waals surface area contributed by atoms with Gasteiger partial charge in [0.2, 0.25) is 0 Å². The lowest BCUT2D eigenvalue weighted by molar-refractivity contribution is 0.0980. The standard InChI is InChI=1S/C17H17N3O/c1-12(2)20(16-6-4-5-14(9-16)10-18)17(21)15-8-7-13(3)19-11-15/h4-9,11-12H,1-3H3. The van der Waals surface area contributed by atoms with E-state index >= 15 is 0 Å². The van der Waals surface area contributed by atoms with Crippen LogP contribution >= 0.6 is 0 Å². The molecule has 0 N–H and O–H groups in total. The highest BCUT2D eigenvalue weighted by molar-refractivity contribution is 6.06. The molecule has 0 fully saturated rings. The summed E-state index contributed by atoms with van der Waals surface area (Å²) in [6.07, 6.45) is 1.58. The lowest BCUT2D eigenvalue weighted by Gasteiger charge is -2.27. The zero-order chi connectivity index (χ0) is 15.4. The fourth-order valence-corrected chi connectivity index (χ4v) is 2.11. The molecule has 0 unspecified atom stereocenters. The number of pyridine rings is 1.